The zero-order valence-corrected chi connectivity index (χ0v) is 23.1. The minimum absolute atomic E-state index is 0.00135. The normalized spacial score (nSPS) is 19.3. The van der Waals surface area contributed by atoms with E-state index in [1.165, 1.54) is 17.8 Å². The van der Waals surface area contributed by atoms with Crippen LogP contribution >= 0.6 is 23.5 Å². The highest BCUT2D eigenvalue weighted by atomic mass is 32.2. The first-order valence-electron chi connectivity index (χ1n) is 12.4. The summed E-state index contributed by atoms with van der Waals surface area (Å²) in [6.45, 7) is -0.724. The van der Waals surface area contributed by atoms with Crippen molar-refractivity contribution in [3.05, 3.63) is 33.7 Å². The number of amides is 2. The van der Waals surface area contributed by atoms with Gasteiger partial charge in [-0.05, 0) is 35.9 Å². The number of fused-ring (bicyclic) bond motifs is 1. The van der Waals surface area contributed by atoms with Gasteiger partial charge in [0.05, 0.1) is 18.5 Å². The number of carbonyl (C=O) groups excluding carboxylic acids is 4. The smallest absolute Gasteiger partial charge is 0.278 e. The lowest BCUT2D eigenvalue weighted by Crippen LogP contribution is -2.68. The molecule has 0 spiro atoms. The molecule has 16 nitrogen and oxygen atoms in total. The topological polar surface area (TPSA) is 268 Å². The summed E-state index contributed by atoms with van der Waals surface area (Å²) in [5, 5.41) is 54.6. The largest absolute Gasteiger partial charge is 0.548 e. The Morgan fingerprint density at radius 2 is 1.90 bits per heavy atom. The number of nitrogens with one attached hydrogen (secondary N) is 2. The number of thioether (sulfide) groups is 2. The molecule has 0 saturated heterocycles. The SMILES string of the molecule is [NH3+][C@@H](CCC(=O)N[C@@H](CS[C@]1(SCCCCCCO)C=CC([N+](=O)[O-])c2nonc21)C(=O)NCC(=O)[O-])C(=O)[O-]. The quantitative estimate of drug-likeness (QED) is 0.0395. The molecule has 1 heterocycles. The molecular formula is C22H31N6O10S2-. The van der Waals surface area contributed by atoms with Crippen LogP contribution < -0.4 is 26.6 Å². The molecule has 0 radical (unpaired) electrons. The van der Waals surface area contributed by atoms with E-state index in [1.54, 1.807) is 6.08 Å². The summed E-state index contributed by atoms with van der Waals surface area (Å²) < 4.78 is 3.75. The standard InChI is InChI=1S/C22H32N6O10S2/c23-13(21(34)35)5-6-16(30)25-14(20(33)24-11-17(31)32)12-40-22(39-10-4-2-1-3-9-29)8-7-15(28(36)37)18-19(22)27-38-26-18/h7-8,13-15,29H,1-6,9-12,23H2,(H,24,33)(H,25,30)(H,31,32)(H,34,35)/p-1/t13-,14-,15?,22+/m0/s1. The van der Waals surface area contributed by atoms with Crippen molar-refractivity contribution >= 4 is 47.3 Å². The van der Waals surface area contributed by atoms with Crippen molar-refractivity contribution in [2.75, 3.05) is 24.7 Å². The van der Waals surface area contributed by atoms with Crippen molar-refractivity contribution in [2.24, 2.45) is 0 Å². The predicted molar refractivity (Wildman–Crippen MR) is 136 cm³/mol. The number of rotatable bonds is 19. The number of aliphatic hydroxyl groups excluding tert-OH is 1. The Hall–Kier alpha value is -3.22. The van der Waals surface area contributed by atoms with Gasteiger partial charge in [0, 0.05) is 30.1 Å². The molecular weight excluding hydrogens is 572 g/mol. The molecule has 1 unspecified atom stereocenters. The van der Waals surface area contributed by atoms with Crippen LogP contribution in [-0.2, 0) is 23.3 Å². The van der Waals surface area contributed by atoms with Crippen LogP contribution in [0.3, 0.4) is 0 Å². The van der Waals surface area contributed by atoms with Gasteiger partial charge in [0.2, 0.25) is 11.8 Å². The number of aliphatic carboxylic acids is 2. The van der Waals surface area contributed by atoms with Crippen LogP contribution in [0.2, 0.25) is 0 Å². The summed E-state index contributed by atoms with van der Waals surface area (Å²) in [6.07, 6.45) is 5.52. The Morgan fingerprint density at radius 1 is 1.18 bits per heavy atom. The third-order valence-corrected chi connectivity index (χ3v) is 9.01. The van der Waals surface area contributed by atoms with Gasteiger partial charge in [-0.1, -0.05) is 18.0 Å². The van der Waals surface area contributed by atoms with Crippen LogP contribution in [0.25, 0.3) is 0 Å². The molecule has 0 fully saturated rings. The van der Waals surface area contributed by atoms with Crippen molar-refractivity contribution in [1.82, 2.24) is 20.9 Å². The zero-order valence-electron chi connectivity index (χ0n) is 21.4. The number of carboxylic acid groups (broad SMARTS) is 2. The molecule has 2 rings (SSSR count). The molecule has 6 N–H and O–H groups in total. The molecule has 1 aromatic heterocycles. The molecule has 1 aromatic rings. The van der Waals surface area contributed by atoms with Crippen LogP contribution in [-0.4, -0.2) is 80.8 Å². The molecule has 0 bridgehead atoms. The lowest BCUT2D eigenvalue weighted by atomic mass is 10.0. The molecule has 4 atom stereocenters. The third-order valence-electron chi connectivity index (χ3n) is 5.79. The van der Waals surface area contributed by atoms with Gasteiger partial charge in [0.1, 0.15) is 21.9 Å². The predicted octanol–water partition coefficient (Wildman–Crippen LogP) is -3.38. The number of hydrogen-bond acceptors (Lipinski definition) is 14. The summed E-state index contributed by atoms with van der Waals surface area (Å²) >= 11 is 2.48. The van der Waals surface area contributed by atoms with Gasteiger partial charge >= 0.3 is 0 Å². The molecule has 222 valence electrons. The van der Waals surface area contributed by atoms with Crippen LogP contribution in [0.5, 0.6) is 0 Å². The average molecular weight is 604 g/mol. The number of aliphatic hydroxyl groups is 1. The van der Waals surface area contributed by atoms with E-state index in [4.69, 9.17) is 9.74 Å². The summed E-state index contributed by atoms with van der Waals surface area (Å²) in [4.78, 5) is 58.0. The van der Waals surface area contributed by atoms with E-state index in [0.717, 1.165) is 31.0 Å². The number of aromatic nitrogens is 2. The van der Waals surface area contributed by atoms with E-state index in [-0.39, 0.29) is 36.6 Å². The van der Waals surface area contributed by atoms with Crippen LogP contribution in [0.15, 0.2) is 16.8 Å². The second-order valence-corrected chi connectivity index (χ2v) is 11.7. The Labute approximate surface area is 237 Å². The third kappa shape index (κ3) is 9.76. The maximum atomic E-state index is 12.8. The molecule has 1 aliphatic carbocycles. The number of carbonyl (C=O) groups is 4. The van der Waals surface area contributed by atoms with E-state index in [0.29, 0.717) is 12.2 Å². The van der Waals surface area contributed by atoms with Gasteiger partial charge in [-0.3, -0.25) is 19.7 Å². The highest BCUT2D eigenvalue weighted by Crippen LogP contribution is 2.52. The minimum Gasteiger partial charge on any atom is -0.548 e. The van der Waals surface area contributed by atoms with Crippen molar-refractivity contribution in [1.29, 1.82) is 0 Å². The zero-order chi connectivity index (χ0) is 29.7. The fourth-order valence-corrected chi connectivity index (χ4v) is 6.61. The second-order valence-electron chi connectivity index (χ2n) is 8.82. The highest BCUT2D eigenvalue weighted by Gasteiger charge is 2.46. The van der Waals surface area contributed by atoms with E-state index in [1.807, 2.05) is 0 Å². The molecule has 0 aliphatic heterocycles. The molecule has 18 heteroatoms. The number of nitro groups is 1. The first-order chi connectivity index (χ1) is 19.0. The van der Waals surface area contributed by atoms with Crippen LogP contribution in [0.1, 0.15) is 56.0 Å². The Bertz CT molecular complexity index is 1090. The van der Waals surface area contributed by atoms with Crippen molar-refractivity contribution in [2.45, 2.75) is 60.7 Å². The number of hydrogen-bond donors (Lipinski definition) is 4. The Kier molecular flexibility index (Phi) is 13.3. The fraction of sp³-hybridized carbons (Fsp3) is 0.636. The molecule has 40 heavy (non-hydrogen) atoms. The molecule has 0 aromatic carbocycles. The maximum absolute atomic E-state index is 12.8. The van der Waals surface area contributed by atoms with Crippen molar-refractivity contribution < 1.29 is 49.8 Å². The van der Waals surface area contributed by atoms with E-state index >= 15 is 0 Å². The number of carboxylic acids is 2. The average Bonchev–Trinajstić information content (AvgIpc) is 3.41. The van der Waals surface area contributed by atoms with Crippen LogP contribution in [0, 0.1) is 10.1 Å². The van der Waals surface area contributed by atoms with Gasteiger partial charge in [-0.15, -0.1) is 23.5 Å². The van der Waals surface area contributed by atoms with E-state index in [9.17, 15) is 39.5 Å². The van der Waals surface area contributed by atoms with Gasteiger partial charge in [-0.2, -0.15) is 0 Å². The first-order valence-corrected chi connectivity index (χ1v) is 14.3. The van der Waals surface area contributed by atoms with Gasteiger partial charge in [-0.25, -0.2) is 4.63 Å². The first kappa shape index (κ1) is 33.0. The van der Waals surface area contributed by atoms with Crippen molar-refractivity contribution in [3.8, 4) is 0 Å². The highest BCUT2D eigenvalue weighted by molar-refractivity contribution is 8.17. The molecule has 2 amide bonds. The summed E-state index contributed by atoms with van der Waals surface area (Å²) in [7, 11) is 0. The summed E-state index contributed by atoms with van der Waals surface area (Å²) in [5.74, 6) is -4.05. The van der Waals surface area contributed by atoms with Gasteiger partial charge in [0.15, 0.2) is 5.69 Å². The Balaban J connectivity index is 2.25. The fourth-order valence-electron chi connectivity index (χ4n) is 3.62. The number of unbranched alkanes of at least 4 members (excludes halogenated alkanes) is 3. The van der Waals surface area contributed by atoms with Gasteiger partial charge in [0.25, 0.3) is 6.04 Å². The van der Waals surface area contributed by atoms with Gasteiger partial charge < -0.3 is 41.3 Å². The molecule has 1 aliphatic rings. The summed E-state index contributed by atoms with van der Waals surface area (Å²) in [6, 6.07) is -3.71. The maximum Gasteiger partial charge on any atom is 0.278 e. The van der Waals surface area contributed by atoms with Crippen molar-refractivity contribution in [3.63, 3.8) is 0 Å². The monoisotopic (exact) mass is 603 g/mol. The Morgan fingerprint density at radius 3 is 2.55 bits per heavy atom. The lowest BCUT2D eigenvalue weighted by molar-refractivity contribution is -0.516. The minimum atomic E-state index is -1.55. The second kappa shape index (κ2) is 16.1. The van der Waals surface area contributed by atoms with E-state index < -0.39 is 57.4 Å². The number of quaternary nitrogens is 1. The molecule has 0 saturated carbocycles. The van der Waals surface area contributed by atoms with E-state index in [2.05, 4.69) is 26.7 Å². The summed E-state index contributed by atoms with van der Waals surface area (Å²) in [5.41, 5.74) is 3.55. The lowest BCUT2D eigenvalue weighted by Gasteiger charge is -2.32. The number of nitrogens with zero attached hydrogens (tertiary/aromatic N) is 3. The van der Waals surface area contributed by atoms with Crippen LogP contribution in [0.4, 0.5) is 0 Å².